The highest BCUT2D eigenvalue weighted by atomic mass is 19.1. The Balaban J connectivity index is 1.55. The SMILES string of the molecule is O=Cc1ccc(C(=O)N2CCC[C@H](CNC(=O)c3ccc(F)cc3)C2)cc1. The van der Waals surface area contributed by atoms with Gasteiger partial charge in [0.15, 0.2) is 0 Å². The van der Waals surface area contributed by atoms with Crippen LogP contribution in [0.2, 0.25) is 0 Å². The second-order valence-electron chi connectivity index (χ2n) is 6.72. The Morgan fingerprint density at radius 3 is 2.41 bits per heavy atom. The van der Waals surface area contributed by atoms with E-state index in [-0.39, 0.29) is 23.5 Å². The van der Waals surface area contributed by atoms with Gasteiger partial charge in [0.1, 0.15) is 12.1 Å². The number of carbonyl (C=O) groups excluding carboxylic acids is 3. The molecule has 0 aromatic heterocycles. The van der Waals surface area contributed by atoms with Crippen molar-refractivity contribution < 1.29 is 18.8 Å². The second-order valence-corrected chi connectivity index (χ2v) is 6.72. The van der Waals surface area contributed by atoms with Gasteiger partial charge in [0.05, 0.1) is 0 Å². The number of hydrogen-bond donors (Lipinski definition) is 1. The fourth-order valence-electron chi connectivity index (χ4n) is 3.24. The minimum Gasteiger partial charge on any atom is -0.352 e. The summed E-state index contributed by atoms with van der Waals surface area (Å²) in [4.78, 5) is 37.3. The molecule has 27 heavy (non-hydrogen) atoms. The quantitative estimate of drug-likeness (QED) is 0.825. The van der Waals surface area contributed by atoms with Gasteiger partial charge in [0.25, 0.3) is 11.8 Å². The van der Waals surface area contributed by atoms with Crippen LogP contribution in [-0.4, -0.2) is 42.6 Å². The van der Waals surface area contributed by atoms with Crippen LogP contribution < -0.4 is 5.32 Å². The van der Waals surface area contributed by atoms with E-state index in [4.69, 9.17) is 0 Å². The van der Waals surface area contributed by atoms with E-state index in [0.29, 0.717) is 36.3 Å². The largest absolute Gasteiger partial charge is 0.352 e. The van der Waals surface area contributed by atoms with E-state index in [2.05, 4.69) is 5.32 Å². The molecule has 0 unspecified atom stereocenters. The molecule has 1 fully saturated rings. The van der Waals surface area contributed by atoms with Crippen LogP contribution in [0.1, 0.15) is 43.9 Å². The fourth-order valence-corrected chi connectivity index (χ4v) is 3.24. The maximum atomic E-state index is 12.9. The van der Waals surface area contributed by atoms with Crippen molar-refractivity contribution >= 4 is 18.1 Å². The third-order valence-corrected chi connectivity index (χ3v) is 4.76. The summed E-state index contributed by atoms with van der Waals surface area (Å²) in [6.45, 7) is 1.71. The molecule has 1 saturated heterocycles. The van der Waals surface area contributed by atoms with Crippen LogP contribution >= 0.6 is 0 Å². The number of halogens is 1. The Hall–Kier alpha value is -3.02. The summed E-state index contributed by atoms with van der Waals surface area (Å²) in [5.41, 5.74) is 1.50. The molecule has 0 saturated carbocycles. The molecule has 5 nitrogen and oxygen atoms in total. The summed E-state index contributed by atoms with van der Waals surface area (Å²) >= 11 is 0. The van der Waals surface area contributed by atoms with E-state index >= 15 is 0 Å². The van der Waals surface area contributed by atoms with E-state index < -0.39 is 0 Å². The molecule has 0 spiro atoms. The zero-order valence-corrected chi connectivity index (χ0v) is 14.9. The van der Waals surface area contributed by atoms with Gasteiger partial charge in [-0.3, -0.25) is 14.4 Å². The van der Waals surface area contributed by atoms with Crippen molar-refractivity contribution in [3.8, 4) is 0 Å². The minimum atomic E-state index is -0.380. The summed E-state index contributed by atoms with van der Waals surface area (Å²) in [5.74, 6) is -0.527. The lowest BCUT2D eigenvalue weighted by Gasteiger charge is -2.33. The monoisotopic (exact) mass is 368 g/mol. The number of piperidine rings is 1. The van der Waals surface area contributed by atoms with E-state index in [0.717, 1.165) is 19.1 Å². The van der Waals surface area contributed by atoms with E-state index in [1.54, 1.807) is 29.2 Å². The van der Waals surface area contributed by atoms with Gasteiger partial charge in [-0.2, -0.15) is 0 Å². The van der Waals surface area contributed by atoms with E-state index in [1.807, 2.05) is 0 Å². The zero-order valence-electron chi connectivity index (χ0n) is 14.9. The van der Waals surface area contributed by atoms with Crippen LogP contribution in [0.5, 0.6) is 0 Å². The second kappa shape index (κ2) is 8.58. The number of nitrogens with one attached hydrogen (secondary N) is 1. The molecule has 3 rings (SSSR count). The molecular formula is C21H21FN2O3. The number of likely N-dealkylation sites (tertiary alicyclic amines) is 1. The molecule has 1 aliphatic heterocycles. The van der Waals surface area contributed by atoms with Gasteiger partial charge in [-0.1, -0.05) is 12.1 Å². The first-order chi connectivity index (χ1) is 13.1. The topological polar surface area (TPSA) is 66.5 Å². The Morgan fingerprint density at radius 1 is 1.07 bits per heavy atom. The lowest BCUT2D eigenvalue weighted by atomic mass is 9.97. The number of benzene rings is 2. The summed E-state index contributed by atoms with van der Waals surface area (Å²) in [6.07, 6.45) is 2.54. The highest BCUT2D eigenvalue weighted by Gasteiger charge is 2.25. The predicted octanol–water partition coefficient (Wildman–Crippen LogP) is 2.92. The first-order valence-electron chi connectivity index (χ1n) is 8.95. The highest BCUT2D eigenvalue weighted by molar-refractivity contribution is 5.95. The number of nitrogens with zero attached hydrogens (tertiary/aromatic N) is 1. The summed E-state index contributed by atoms with van der Waals surface area (Å²) < 4.78 is 12.9. The van der Waals surface area contributed by atoms with Gasteiger partial charge in [-0.15, -0.1) is 0 Å². The maximum absolute atomic E-state index is 12.9. The first-order valence-corrected chi connectivity index (χ1v) is 8.95. The van der Waals surface area contributed by atoms with Gasteiger partial charge < -0.3 is 10.2 Å². The van der Waals surface area contributed by atoms with Crippen molar-refractivity contribution in [3.63, 3.8) is 0 Å². The molecule has 6 heteroatoms. The van der Waals surface area contributed by atoms with Crippen molar-refractivity contribution in [1.82, 2.24) is 10.2 Å². The molecule has 1 atom stereocenters. The summed E-state index contributed by atoms with van der Waals surface area (Å²) in [5, 5.41) is 2.86. The van der Waals surface area contributed by atoms with Gasteiger partial charge >= 0.3 is 0 Å². The molecule has 2 amide bonds. The predicted molar refractivity (Wildman–Crippen MR) is 99.2 cm³/mol. The van der Waals surface area contributed by atoms with Crippen LogP contribution in [-0.2, 0) is 0 Å². The minimum absolute atomic E-state index is 0.0676. The Labute approximate surface area is 157 Å². The number of aldehydes is 1. The third-order valence-electron chi connectivity index (χ3n) is 4.76. The molecule has 2 aromatic rings. The number of rotatable bonds is 5. The van der Waals surface area contributed by atoms with Crippen LogP contribution in [0.4, 0.5) is 4.39 Å². The number of carbonyl (C=O) groups is 3. The van der Waals surface area contributed by atoms with Crippen LogP contribution in [0, 0.1) is 11.7 Å². The Morgan fingerprint density at radius 2 is 1.74 bits per heavy atom. The molecular weight excluding hydrogens is 347 g/mol. The molecule has 1 heterocycles. The maximum Gasteiger partial charge on any atom is 0.253 e. The lowest BCUT2D eigenvalue weighted by Crippen LogP contribution is -2.43. The van der Waals surface area contributed by atoms with Crippen molar-refractivity contribution in [2.75, 3.05) is 19.6 Å². The van der Waals surface area contributed by atoms with Crippen LogP contribution in [0.3, 0.4) is 0 Å². The van der Waals surface area contributed by atoms with Crippen molar-refractivity contribution in [2.24, 2.45) is 5.92 Å². The lowest BCUT2D eigenvalue weighted by molar-refractivity contribution is 0.0670. The molecule has 0 bridgehead atoms. The highest BCUT2D eigenvalue weighted by Crippen LogP contribution is 2.18. The molecule has 2 aromatic carbocycles. The zero-order chi connectivity index (χ0) is 19.2. The average Bonchev–Trinajstić information content (AvgIpc) is 2.72. The molecule has 1 N–H and O–H groups in total. The summed E-state index contributed by atoms with van der Waals surface area (Å²) in [6, 6.07) is 12.0. The van der Waals surface area contributed by atoms with E-state index in [1.165, 1.54) is 24.3 Å². The van der Waals surface area contributed by atoms with Crippen LogP contribution in [0.15, 0.2) is 48.5 Å². The van der Waals surface area contributed by atoms with E-state index in [9.17, 15) is 18.8 Å². The first kappa shape index (κ1) is 18.8. The molecule has 0 aliphatic carbocycles. The Kier molecular flexibility index (Phi) is 5.96. The average molecular weight is 368 g/mol. The molecule has 1 aliphatic rings. The van der Waals surface area contributed by atoms with Crippen molar-refractivity contribution in [3.05, 3.63) is 71.0 Å². The normalized spacial score (nSPS) is 16.6. The summed E-state index contributed by atoms with van der Waals surface area (Å²) in [7, 11) is 0. The van der Waals surface area contributed by atoms with Crippen molar-refractivity contribution in [2.45, 2.75) is 12.8 Å². The standard InChI is InChI=1S/C21H21FN2O3/c22-19-9-7-17(8-10-19)20(26)23-12-16-2-1-11-24(13-16)21(27)18-5-3-15(14-25)4-6-18/h3-10,14,16H,1-2,11-13H2,(H,23,26)/t16-/m1/s1. The van der Waals surface area contributed by atoms with Gasteiger partial charge in [0, 0.05) is 36.3 Å². The number of amides is 2. The van der Waals surface area contributed by atoms with Crippen LogP contribution in [0.25, 0.3) is 0 Å². The molecule has 140 valence electrons. The molecule has 0 radical (unpaired) electrons. The van der Waals surface area contributed by atoms with Crippen molar-refractivity contribution in [1.29, 1.82) is 0 Å². The van der Waals surface area contributed by atoms with Gasteiger partial charge in [0.2, 0.25) is 0 Å². The Bertz CT molecular complexity index is 818. The third kappa shape index (κ3) is 4.78. The fraction of sp³-hybridized carbons (Fsp3) is 0.286. The van der Waals surface area contributed by atoms with Gasteiger partial charge in [-0.05, 0) is 55.2 Å². The number of hydrogen-bond acceptors (Lipinski definition) is 3. The van der Waals surface area contributed by atoms with Gasteiger partial charge in [-0.25, -0.2) is 4.39 Å². The smallest absolute Gasteiger partial charge is 0.253 e.